The van der Waals surface area contributed by atoms with E-state index in [1.165, 1.54) is 7.05 Å². The van der Waals surface area contributed by atoms with Crippen LogP contribution in [0.4, 0.5) is 0 Å². The largest absolute Gasteiger partial charge is 0.381 e. The summed E-state index contributed by atoms with van der Waals surface area (Å²) in [5.41, 5.74) is 5.00. The van der Waals surface area contributed by atoms with E-state index >= 15 is 0 Å². The highest BCUT2D eigenvalue weighted by atomic mass is 16.5. The molecule has 0 bridgehead atoms. The Morgan fingerprint density at radius 1 is 1.44 bits per heavy atom. The van der Waals surface area contributed by atoms with Crippen LogP contribution in [-0.2, 0) is 19.1 Å². The molecule has 2 saturated heterocycles. The van der Waals surface area contributed by atoms with Crippen LogP contribution in [-0.4, -0.2) is 54.5 Å². The van der Waals surface area contributed by atoms with E-state index in [1.54, 1.807) is 0 Å². The third-order valence-electron chi connectivity index (χ3n) is 3.52. The van der Waals surface area contributed by atoms with Gasteiger partial charge in [0.05, 0.1) is 12.0 Å². The Kier molecular flexibility index (Phi) is 3.36. The summed E-state index contributed by atoms with van der Waals surface area (Å²) >= 11 is 0. The second-order valence-corrected chi connectivity index (χ2v) is 4.79. The van der Waals surface area contributed by atoms with Gasteiger partial charge in [-0.25, -0.2) is 0 Å². The average Bonchev–Trinajstić information content (AvgIpc) is 2.58. The lowest BCUT2D eigenvalue weighted by molar-refractivity contribution is -0.139. The van der Waals surface area contributed by atoms with Gasteiger partial charge < -0.3 is 15.8 Å². The summed E-state index contributed by atoms with van der Waals surface area (Å²) in [5.74, 6) is -1.06. The first-order chi connectivity index (χ1) is 8.44. The van der Waals surface area contributed by atoms with Crippen molar-refractivity contribution in [1.82, 2.24) is 10.2 Å². The van der Waals surface area contributed by atoms with Crippen LogP contribution in [0.25, 0.3) is 0 Å². The van der Waals surface area contributed by atoms with Crippen LogP contribution < -0.4 is 11.1 Å². The number of carbonyl (C=O) groups excluding carboxylic acids is 3. The summed E-state index contributed by atoms with van der Waals surface area (Å²) in [7, 11) is 1.41. The monoisotopic (exact) mass is 255 g/mol. The van der Waals surface area contributed by atoms with Gasteiger partial charge in [0.2, 0.25) is 11.8 Å². The highest BCUT2D eigenvalue weighted by molar-refractivity contribution is 6.07. The summed E-state index contributed by atoms with van der Waals surface area (Å²) in [6.07, 6.45) is 0.848. The third kappa shape index (κ3) is 2.23. The number of ether oxygens (including phenoxy) is 1. The van der Waals surface area contributed by atoms with E-state index in [2.05, 4.69) is 5.32 Å². The molecule has 0 saturated carbocycles. The van der Waals surface area contributed by atoms with Crippen molar-refractivity contribution in [2.45, 2.75) is 30.8 Å². The molecule has 2 heterocycles. The molecule has 3 N–H and O–H groups in total. The number of likely N-dealkylation sites (N-methyl/N-ethyl adjacent to an activating group) is 1. The summed E-state index contributed by atoms with van der Waals surface area (Å²) in [4.78, 5) is 36.1. The number of imide groups is 1. The number of carbonyl (C=O) groups is 3. The average molecular weight is 255 g/mol. The van der Waals surface area contributed by atoms with E-state index < -0.39 is 11.6 Å². The van der Waals surface area contributed by atoms with Gasteiger partial charge in [0.15, 0.2) is 0 Å². The van der Waals surface area contributed by atoms with E-state index in [1.807, 2.05) is 0 Å². The molecule has 7 nitrogen and oxygen atoms in total. The number of hydrogen-bond acceptors (Lipinski definition) is 5. The van der Waals surface area contributed by atoms with E-state index in [4.69, 9.17) is 10.5 Å². The summed E-state index contributed by atoms with van der Waals surface area (Å²) in [6.45, 7) is 0.864. The molecule has 18 heavy (non-hydrogen) atoms. The van der Waals surface area contributed by atoms with Gasteiger partial charge in [-0.05, 0) is 12.8 Å². The van der Waals surface area contributed by atoms with E-state index in [-0.39, 0.29) is 24.1 Å². The Morgan fingerprint density at radius 3 is 2.56 bits per heavy atom. The Labute approximate surface area is 105 Å². The number of hydrogen-bond donors (Lipinski definition) is 2. The lowest BCUT2D eigenvalue weighted by Crippen LogP contribution is -2.59. The predicted molar refractivity (Wildman–Crippen MR) is 61.3 cm³/mol. The van der Waals surface area contributed by atoms with Crippen molar-refractivity contribution in [3.63, 3.8) is 0 Å². The van der Waals surface area contributed by atoms with Crippen LogP contribution >= 0.6 is 0 Å². The first-order valence-corrected chi connectivity index (χ1v) is 5.92. The Balaban J connectivity index is 1.99. The smallest absolute Gasteiger partial charge is 0.252 e. The molecular formula is C11H17N3O4. The maximum Gasteiger partial charge on any atom is 0.252 e. The Hall–Kier alpha value is -1.47. The highest BCUT2D eigenvalue weighted by Gasteiger charge is 2.42. The number of nitrogens with zero attached hydrogens (tertiary/aromatic N) is 1. The van der Waals surface area contributed by atoms with Crippen molar-refractivity contribution in [3.05, 3.63) is 0 Å². The zero-order chi connectivity index (χ0) is 13.3. The first-order valence-electron chi connectivity index (χ1n) is 5.92. The fraction of sp³-hybridized carbons (Fsp3) is 0.727. The lowest BCUT2D eigenvalue weighted by atomic mass is 9.90. The van der Waals surface area contributed by atoms with Crippen LogP contribution in [0.2, 0.25) is 0 Å². The molecule has 0 spiro atoms. The van der Waals surface area contributed by atoms with Crippen LogP contribution in [0.3, 0.4) is 0 Å². The molecule has 1 atom stereocenters. The van der Waals surface area contributed by atoms with Gasteiger partial charge in [0, 0.05) is 20.3 Å². The molecule has 0 radical (unpaired) electrons. The molecule has 0 aromatic carbocycles. The van der Waals surface area contributed by atoms with Crippen molar-refractivity contribution < 1.29 is 19.1 Å². The molecule has 3 amide bonds. The van der Waals surface area contributed by atoms with Gasteiger partial charge in [0.1, 0.15) is 6.04 Å². The van der Waals surface area contributed by atoms with E-state index in [0.717, 1.165) is 4.90 Å². The first kappa shape index (κ1) is 13.0. The molecule has 1 unspecified atom stereocenters. The number of nitrogens with one attached hydrogen (secondary N) is 1. The molecule has 0 aromatic rings. The number of amides is 3. The molecule has 2 aliphatic heterocycles. The minimum absolute atomic E-state index is 0.00759. The van der Waals surface area contributed by atoms with Gasteiger partial charge in [0.25, 0.3) is 5.91 Å². The number of likely N-dealkylation sites (tertiary alicyclic amines) is 1. The number of nitrogens with two attached hydrogens (primary N) is 1. The minimum atomic E-state index is -0.997. The zero-order valence-corrected chi connectivity index (χ0v) is 10.3. The third-order valence-corrected chi connectivity index (χ3v) is 3.52. The van der Waals surface area contributed by atoms with Crippen LogP contribution in [0.15, 0.2) is 0 Å². The minimum Gasteiger partial charge on any atom is -0.381 e. The van der Waals surface area contributed by atoms with Crippen molar-refractivity contribution in [3.8, 4) is 0 Å². The molecule has 100 valence electrons. The molecule has 2 fully saturated rings. The fourth-order valence-electron chi connectivity index (χ4n) is 2.13. The second kappa shape index (κ2) is 4.66. The molecule has 2 aliphatic rings. The van der Waals surface area contributed by atoms with Crippen molar-refractivity contribution in [2.75, 3.05) is 20.3 Å². The quantitative estimate of drug-likeness (QED) is 0.577. The summed E-state index contributed by atoms with van der Waals surface area (Å²) in [6, 6.07) is -0.779. The van der Waals surface area contributed by atoms with Gasteiger partial charge >= 0.3 is 0 Å². The lowest BCUT2D eigenvalue weighted by Gasteiger charge is -2.32. The molecule has 2 rings (SSSR count). The molecule has 0 aromatic heterocycles. The van der Waals surface area contributed by atoms with Crippen molar-refractivity contribution in [1.29, 1.82) is 0 Å². The van der Waals surface area contributed by atoms with Crippen molar-refractivity contribution >= 4 is 17.7 Å². The Bertz CT molecular complexity index is 390. The van der Waals surface area contributed by atoms with E-state index in [0.29, 0.717) is 26.1 Å². The molecule has 7 heteroatoms. The van der Waals surface area contributed by atoms with Crippen LogP contribution in [0.1, 0.15) is 19.3 Å². The molecular weight excluding hydrogens is 238 g/mol. The van der Waals surface area contributed by atoms with Gasteiger partial charge in [-0.2, -0.15) is 0 Å². The van der Waals surface area contributed by atoms with Gasteiger partial charge in [-0.3, -0.25) is 19.3 Å². The van der Waals surface area contributed by atoms with Gasteiger partial charge in [-0.1, -0.05) is 0 Å². The maximum atomic E-state index is 12.1. The number of rotatable bonds is 2. The fourth-order valence-corrected chi connectivity index (χ4v) is 2.13. The van der Waals surface area contributed by atoms with Crippen molar-refractivity contribution in [2.24, 2.45) is 5.73 Å². The summed E-state index contributed by atoms with van der Waals surface area (Å²) < 4.78 is 5.15. The Morgan fingerprint density at radius 2 is 2.06 bits per heavy atom. The maximum absolute atomic E-state index is 12.1. The second-order valence-electron chi connectivity index (χ2n) is 4.79. The topological polar surface area (TPSA) is 102 Å². The normalized spacial score (nSPS) is 27.4. The standard InChI is InChI=1S/C11H17N3O4/c1-14-8(15)6-7(9(14)16)13-10(17)11(12)2-4-18-5-3-11/h7H,2-6,12H2,1H3,(H,13,17). The summed E-state index contributed by atoms with van der Waals surface area (Å²) in [5, 5.41) is 2.57. The zero-order valence-electron chi connectivity index (χ0n) is 10.3. The van der Waals surface area contributed by atoms with Crippen LogP contribution in [0.5, 0.6) is 0 Å². The van der Waals surface area contributed by atoms with Crippen LogP contribution in [0, 0.1) is 0 Å². The molecule has 0 aliphatic carbocycles. The SMILES string of the molecule is CN1C(=O)CC(NC(=O)C2(N)CCOCC2)C1=O. The highest BCUT2D eigenvalue weighted by Crippen LogP contribution is 2.19. The predicted octanol–water partition coefficient (Wildman–Crippen LogP) is -1.63. The van der Waals surface area contributed by atoms with Gasteiger partial charge in [-0.15, -0.1) is 0 Å². The van der Waals surface area contributed by atoms with E-state index in [9.17, 15) is 14.4 Å².